The van der Waals surface area contributed by atoms with Crippen molar-refractivity contribution < 1.29 is 23.9 Å². The zero-order chi connectivity index (χ0) is 19.1. The van der Waals surface area contributed by atoms with Crippen molar-refractivity contribution >= 4 is 29.0 Å². The molecule has 138 valence electrons. The molecule has 1 aromatic carbocycles. The van der Waals surface area contributed by atoms with Crippen LogP contribution in [0.1, 0.15) is 37.4 Å². The number of thiophene rings is 1. The molecule has 0 aliphatic heterocycles. The SMILES string of the molecule is CCOc1ccccc1C(=O)NCC(=O)OCC(=O)c1cc(C)sc1C. The zero-order valence-corrected chi connectivity index (χ0v) is 15.8. The molecule has 1 aromatic heterocycles. The van der Waals surface area contributed by atoms with E-state index in [1.165, 1.54) is 11.3 Å². The van der Waals surface area contributed by atoms with Crippen LogP contribution in [-0.2, 0) is 9.53 Å². The molecule has 26 heavy (non-hydrogen) atoms. The van der Waals surface area contributed by atoms with Gasteiger partial charge in [0.1, 0.15) is 12.3 Å². The molecule has 0 spiro atoms. The Labute approximate surface area is 156 Å². The molecule has 0 aliphatic rings. The second-order valence-corrected chi connectivity index (χ2v) is 6.98. The fraction of sp³-hybridized carbons (Fsp3) is 0.316. The summed E-state index contributed by atoms with van der Waals surface area (Å²) in [6.45, 7) is 5.34. The van der Waals surface area contributed by atoms with Gasteiger partial charge in [0.15, 0.2) is 6.61 Å². The first kappa shape index (κ1) is 19.7. The zero-order valence-electron chi connectivity index (χ0n) is 15.0. The number of nitrogens with one attached hydrogen (secondary N) is 1. The molecule has 0 bridgehead atoms. The van der Waals surface area contributed by atoms with Crippen LogP contribution in [0.15, 0.2) is 30.3 Å². The summed E-state index contributed by atoms with van der Waals surface area (Å²) in [7, 11) is 0. The molecule has 1 N–H and O–H groups in total. The molecule has 7 heteroatoms. The minimum Gasteiger partial charge on any atom is -0.493 e. The van der Waals surface area contributed by atoms with Gasteiger partial charge in [-0.2, -0.15) is 0 Å². The van der Waals surface area contributed by atoms with Crippen molar-refractivity contribution in [3.8, 4) is 5.75 Å². The lowest BCUT2D eigenvalue weighted by molar-refractivity contribution is -0.141. The third-order valence-corrected chi connectivity index (χ3v) is 4.50. The summed E-state index contributed by atoms with van der Waals surface area (Å²) in [5.74, 6) is -0.931. The Hall–Kier alpha value is -2.67. The first-order valence-corrected chi connectivity index (χ1v) is 9.00. The number of ether oxygens (including phenoxy) is 2. The number of Topliss-reactive ketones (excluding diaryl/α,β-unsaturated/α-hetero) is 1. The Morgan fingerprint density at radius 3 is 2.50 bits per heavy atom. The quantitative estimate of drug-likeness (QED) is 0.567. The van der Waals surface area contributed by atoms with Crippen molar-refractivity contribution in [3.63, 3.8) is 0 Å². The summed E-state index contributed by atoms with van der Waals surface area (Å²) in [5.41, 5.74) is 0.901. The van der Waals surface area contributed by atoms with Crippen LogP contribution in [0.25, 0.3) is 0 Å². The number of ketones is 1. The molecule has 0 saturated carbocycles. The van der Waals surface area contributed by atoms with E-state index < -0.39 is 11.9 Å². The molecule has 0 fully saturated rings. The monoisotopic (exact) mass is 375 g/mol. The molecule has 1 amide bonds. The standard InChI is InChI=1S/C19H21NO5S/c1-4-24-17-8-6-5-7-14(17)19(23)20-10-18(22)25-11-16(21)15-9-12(2)26-13(15)3/h5-9H,4,10-11H2,1-3H3,(H,20,23). The van der Waals surface area contributed by atoms with Gasteiger partial charge >= 0.3 is 5.97 Å². The highest BCUT2D eigenvalue weighted by Gasteiger charge is 2.16. The lowest BCUT2D eigenvalue weighted by atomic mass is 10.2. The van der Waals surface area contributed by atoms with E-state index in [0.29, 0.717) is 23.5 Å². The maximum Gasteiger partial charge on any atom is 0.325 e. The number of hydrogen-bond donors (Lipinski definition) is 1. The van der Waals surface area contributed by atoms with Crippen LogP contribution in [0, 0.1) is 13.8 Å². The lowest BCUT2D eigenvalue weighted by Crippen LogP contribution is -2.31. The average Bonchev–Trinajstić information content (AvgIpc) is 2.96. The minimum atomic E-state index is -0.676. The molecule has 0 atom stereocenters. The van der Waals surface area contributed by atoms with Gasteiger partial charge in [-0.1, -0.05) is 12.1 Å². The highest BCUT2D eigenvalue weighted by Crippen LogP contribution is 2.21. The van der Waals surface area contributed by atoms with Crippen LogP contribution < -0.4 is 10.1 Å². The van der Waals surface area contributed by atoms with Crippen molar-refractivity contribution in [1.29, 1.82) is 0 Å². The van der Waals surface area contributed by atoms with Crippen LogP contribution in [0.4, 0.5) is 0 Å². The van der Waals surface area contributed by atoms with Crippen LogP contribution in [-0.4, -0.2) is 37.4 Å². The molecule has 2 aromatic rings. The summed E-state index contributed by atoms with van der Waals surface area (Å²) in [4.78, 5) is 38.0. The van der Waals surface area contributed by atoms with Gasteiger partial charge in [-0.15, -0.1) is 11.3 Å². The van der Waals surface area contributed by atoms with Crippen molar-refractivity contribution in [2.45, 2.75) is 20.8 Å². The predicted octanol–water partition coefficient (Wildman–Crippen LogP) is 2.92. The van der Waals surface area contributed by atoms with E-state index in [2.05, 4.69) is 5.32 Å². The normalized spacial score (nSPS) is 10.3. The van der Waals surface area contributed by atoms with Crippen molar-refractivity contribution in [2.75, 3.05) is 19.8 Å². The number of amides is 1. The van der Waals surface area contributed by atoms with E-state index in [0.717, 1.165) is 9.75 Å². The fourth-order valence-electron chi connectivity index (χ4n) is 2.37. The highest BCUT2D eigenvalue weighted by atomic mass is 32.1. The summed E-state index contributed by atoms with van der Waals surface area (Å²) in [6.07, 6.45) is 0. The first-order chi connectivity index (χ1) is 12.4. The number of benzene rings is 1. The summed E-state index contributed by atoms with van der Waals surface area (Å²) < 4.78 is 10.3. The van der Waals surface area contributed by atoms with Gasteiger partial charge in [0.2, 0.25) is 5.78 Å². The third-order valence-electron chi connectivity index (χ3n) is 3.53. The predicted molar refractivity (Wildman–Crippen MR) is 99.0 cm³/mol. The smallest absolute Gasteiger partial charge is 0.325 e. The van der Waals surface area contributed by atoms with Crippen molar-refractivity contribution in [1.82, 2.24) is 5.32 Å². The summed E-state index contributed by atoms with van der Waals surface area (Å²) in [6, 6.07) is 8.54. The van der Waals surface area contributed by atoms with Crippen LogP contribution in [0.3, 0.4) is 0 Å². The van der Waals surface area contributed by atoms with Gasteiger partial charge in [-0.25, -0.2) is 0 Å². The number of aryl methyl sites for hydroxylation is 2. The van der Waals surface area contributed by atoms with Gasteiger partial charge in [0.05, 0.1) is 12.2 Å². The molecular formula is C19H21NO5S. The van der Waals surface area contributed by atoms with Crippen molar-refractivity contribution in [2.24, 2.45) is 0 Å². The molecule has 0 aliphatic carbocycles. The number of esters is 1. The van der Waals surface area contributed by atoms with Crippen LogP contribution in [0.5, 0.6) is 5.75 Å². The van der Waals surface area contributed by atoms with Gasteiger partial charge in [-0.05, 0) is 39.0 Å². The number of para-hydroxylation sites is 1. The maximum absolute atomic E-state index is 12.2. The number of hydrogen-bond acceptors (Lipinski definition) is 6. The lowest BCUT2D eigenvalue weighted by Gasteiger charge is -2.10. The van der Waals surface area contributed by atoms with Crippen LogP contribution >= 0.6 is 11.3 Å². The van der Waals surface area contributed by atoms with E-state index in [4.69, 9.17) is 9.47 Å². The van der Waals surface area contributed by atoms with Gasteiger partial charge in [0, 0.05) is 15.3 Å². The summed E-state index contributed by atoms with van der Waals surface area (Å²) in [5, 5.41) is 2.47. The Kier molecular flexibility index (Phi) is 6.91. The van der Waals surface area contributed by atoms with Gasteiger partial charge < -0.3 is 14.8 Å². The Morgan fingerprint density at radius 2 is 1.85 bits per heavy atom. The molecule has 1 heterocycles. The van der Waals surface area contributed by atoms with Crippen LogP contribution in [0.2, 0.25) is 0 Å². The third kappa shape index (κ3) is 5.16. The number of rotatable bonds is 8. The number of carbonyl (C=O) groups excluding carboxylic acids is 3. The number of carbonyl (C=O) groups is 3. The Balaban J connectivity index is 1.84. The molecule has 6 nitrogen and oxygen atoms in total. The second-order valence-electron chi connectivity index (χ2n) is 5.52. The average molecular weight is 375 g/mol. The van der Waals surface area contributed by atoms with Gasteiger partial charge in [0.25, 0.3) is 5.91 Å². The minimum absolute atomic E-state index is 0.256. The molecular weight excluding hydrogens is 354 g/mol. The molecule has 0 unspecified atom stereocenters. The summed E-state index contributed by atoms with van der Waals surface area (Å²) >= 11 is 1.52. The van der Waals surface area contributed by atoms with E-state index in [1.807, 2.05) is 20.8 Å². The molecule has 0 saturated heterocycles. The fourth-order valence-corrected chi connectivity index (χ4v) is 3.31. The first-order valence-electron chi connectivity index (χ1n) is 8.18. The topological polar surface area (TPSA) is 81.7 Å². The maximum atomic E-state index is 12.2. The Morgan fingerprint density at radius 1 is 1.12 bits per heavy atom. The van der Waals surface area contributed by atoms with Crippen molar-refractivity contribution in [3.05, 3.63) is 51.2 Å². The van der Waals surface area contributed by atoms with E-state index in [9.17, 15) is 14.4 Å². The van der Waals surface area contributed by atoms with E-state index >= 15 is 0 Å². The highest BCUT2D eigenvalue weighted by molar-refractivity contribution is 7.12. The molecule has 0 radical (unpaired) electrons. The second kappa shape index (κ2) is 9.15. The largest absolute Gasteiger partial charge is 0.493 e. The van der Waals surface area contributed by atoms with E-state index in [1.54, 1.807) is 30.3 Å². The van der Waals surface area contributed by atoms with Gasteiger partial charge in [-0.3, -0.25) is 14.4 Å². The van der Waals surface area contributed by atoms with E-state index in [-0.39, 0.29) is 18.9 Å². The molecule has 2 rings (SSSR count). The Bertz CT molecular complexity index is 812.